The van der Waals surface area contributed by atoms with Crippen LogP contribution in [0.4, 0.5) is 11.4 Å². The van der Waals surface area contributed by atoms with Gasteiger partial charge >= 0.3 is 0 Å². The number of halogens is 1. The molecule has 3 heterocycles. The Kier molecular flexibility index (Phi) is 6.89. The summed E-state index contributed by atoms with van der Waals surface area (Å²) in [5, 5.41) is 7.13. The van der Waals surface area contributed by atoms with Gasteiger partial charge in [-0.15, -0.1) is 0 Å². The van der Waals surface area contributed by atoms with Crippen LogP contribution in [0.15, 0.2) is 89.7 Å². The fraction of sp³-hybridized carbons (Fsp3) is 0.179. The molecule has 0 saturated carbocycles. The van der Waals surface area contributed by atoms with Gasteiger partial charge in [-0.25, -0.2) is 0 Å². The maximum absolute atomic E-state index is 12.0. The fourth-order valence-corrected chi connectivity index (χ4v) is 5.34. The van der Waals surface area contributed by atoms with E-state index in [1.54, 1.807) is 0 Å². The van der Waals surface area contributed by atoms with Crippen molar-refractivity contribution in [2.45, 2.75) is 32.4 Å². The van der Waals surface area contributed by atoms with Crippen LogP contribution in [-0.4, -0.2) is 20.6 Å². The van der Waals surface area contributed by atoms with E-state index in [1.165, 1.54) is 0 Å². The van der Waals surface area contributed by atoms with E-state index in [4.69, 9.17) is 12.2 Å². The molecule has 0 unspecified atom stereocenters. The summed E-state index contributed by atoms with van der Waals surface area (Å²) in [7, 11) is 0. The van der Waals surface area contributed by atoms with Crippen molar-refractivity contribution in [1.29, 1.82) is 0 Å². The van der Waals surface area contributed by atoms with Crippen LogP contribution in [0.5, 0.6) is 0 Å². The molecule has 2 aromatic heterocycles. The Morgan fingerprint density at radius 2 is 1.94 bits per heavy atom. The molecular weight excluding hydrogens is 534 g/mol. The Labute approximate surface area is 224 Å². The van der Waals surface area contributed by atoms with Crippen molar-refractivity contribution in [2.24, 2.45) is 0 Å². The topological polar surface area (TPSA) is 62.2 Å². The van der Waals surface area contributed by atoms with Crippen LogP contribution in [0.1, 0.15) is 42.4 Å². The van der Waals surface area contributed by atoms with Crippen molar-refractivity contribution >= 4 is 50.5 Å². The molecule has 1 aliphatic rings. The summed E-state index contributed by atoms with van der Waals surface area (Å²) in [6, 6.07) is 24.1. The molecule has 4 aromatic rings. The Hall–Kier alpha value is -3.49. The number of hydrogen-bond donors (Lipinski definition) is 2. The number of benzene rings is 2. The second-order valence-corrected chi connectivity index (χ2v) is 9.98. The van der Waals surface area contributed by atoms with Crippen molar-refractivity contribution in [3.8, 4) is 5.69 Å². The van der Waals surface area contributed by atoms with E-state index in [2.05, 4.69) is 77.5 Å². The first kappa shape index (κ1) is 24.2. The lowest BCUT2D eigenvalue weighted by molar-refractivity contribution is -0.115. The van der Waals surface area contributed by atoms with E-state index < -0.39 is 0 Å². The van der Waals surface area contributed by atoms with Gasteiger partial charge in [0.05, 0.1) is 11.7 Å². The van der Waals surface area contributed by atoms with E-state index >= 15 is 0 Å². The lowest BCUT2D eigenvalue weighted by Gasteiger charge is -2.29. The monoisotopic (exact) mass is 559 g/mol. The van der Waals surface area contributed by atoms with Crippen molar-refractivity contribution < 1.29 is 4.79 Å². The van der Waals surface area contributed by atoms with Gasteiger partial charge < -0.3 is 20.1 Å². The van der Waals surface area contributed by atoms with Gasteiger partial charge in [-0.3, -0.25) is 9.78 Å². The summed E-state index contributed by atoms with van der Waals surface area (Å²) in [5.41, 5.74) is 5.77. The van der Waals surface area contributed by atoms with E-state index in [0.29, 0.717) is 11.5 Å². The summed E-state index contributed by atoms with van der Waals surface area (Å²) in [5.74, 6) is -0.0100. The molecule has 0 aliphatic carbocycles. The third-order valence-corrected chi connectivity index (χ3v) is 7.16. The molecule has 36 heavy (non-hydrogen) atoms. The molecule has 2 N–H and O–H groups in total. The van der Waals surface area contributed by atoms with Crippen LogP contribution in [0.2, 0.25) is 0 Å². The molecule has 0 radical (unpaired) electrons. The van der Waals surface area contributed by atoms with Crippen molar-refractivity contribution in [1.82, 2.24) is 14.9 Å². The highest BCUT2D eigenvalue weighted by molar-refractivity contribution is 9.10. The molecule has 8 heteroatoms. The predicted molar refractivity (Wildman–Crippen MR) is 152 cm³/mol. The minimum absolute atomic E-state index is 0.0100. The third-order valence-electron chi connectivity index (χ3n) is 6.35. The number of rotatable bonds is 6. The summed E-state index contributed by atoms with van der Waals surface area (Å²) in [6.45, 7) is 3.84. The van der Waals surface area contributed by atoms with Crippen LogP contribution in [0.3, 0.4) is 0 Å². The van der Waals surface area contributed by atoms with Crippen molar-refractivity contribution in [3.63, 3.8) is 0 Å². The van der Waals surface area contributed by atoms with Crippen molar-refractivity contribution in [3.05, 3.63) is 107 Å². The van der Waals surface area contributed by atoms with Crippen LogP contribution < -0.4 is 15.5 Å². The predicted octanol–water partition coefficient (Wildman–Crippen LogP) is 6.47. The van der Waals surface area contributed by atoms with Crippen LogP contribution in [-0.2, 0) is 4.79 Å². The molecule has 182 valence electrons. The second-order valence-electron chi connectivity index (χ2n) is 8.68. The van der Waals surface area contributed by atoms with Gasteiger partial charge in [0.2, 0.25) is 5.91 Å². The quantitative estimate of drug-likeness (QED) is 0.265. The maximum atomic E-state index is 12.0. The maximum Gasteiger partial charge on any atom is 0.224 e. The highest BCUT2D eigenvalue weighted by atomic mass is 79.9. The smallest absolute Gasteiger partial charge is 0.224 e. The molecule has 0 bridgehead atoms. The summed E-state index contributed by atoms with van der Waals surface area (Å²) < 4.78 is 3.20. The number of nitrogens with zero attached hydrogens (tertiary/aromatic N) is 3. The summed E-state index contributed by atoms with van der Waals surface area (Å²) in [6.07, 6.45) is 4.31. The number of aromatic nitrogens is 2. The number of aryl methyl sites for hydroxylation is 1. The molecule has 5 rings (SSSR count). The van der Waals surface area contributed by atoms with Gasteiger partial charge in [0, 0.05) is 46.0 Å². The van der Waals surface area contributed by atoms with Gasteiger partial charge in [0.25, 0.3) is 0 Å². The molecule has 1 fully saturated rings. The first-order valence-corrected chi connectivity index (χ1v) is 13.0. The molecule has 0 spiro atoms. The van der Waals surface area contributed by atoms with Gasteiger partial charge in [0.1, 0.15) is 6.04 Å². The van der Waals surface area contributed by atoms with Crippen molar-refractivity contribution in [2.75, 3.05) is 10.2 Å². The molecule has 1 amide bonds. The molecular formula is C28H26BrN5OS. The summed E-state index contributed by atoms with van der Waals surface area (Å²) in [4.78, 5) is 18.8. The van der Waals surface area contributed by atoms with Gasteiger partial charge in [-0.1, -0.05) is 35.0 Å². The molecule has 1 saturated heterocycles. The average Bonchev–Trinajstić information content (AvgIpc) is 3.50. The van der Waals surface area contributed by atoms with E-state index in [0.717, 1.165) is 38.5 Å². The van der Waals surface area contributed by atoms with Crippen LogP contribution in [0.25, 0.3) is 5.69 Å². The standard InChI is InChI=1S/C28H26BrN5OS/c1-3-25(35)31-22-13-12-21(16-18(22)2)34-27(26(32-28(34)36)23-10-4-5-14-30-23)24-11-7-15-33(24)20-9-6-8-19(29)17-20/h4-17,26-27H,3H2,1-2H3,(H,31,35)(H,32,36)/t26-,27+/m1/s1. The third kappa shape index (κ3) is 4.66. The summed E-state index contributed by atoms with van der Waals surface area (Å²) >= 11 is 9.50. The minimum atomic E-state index is -0.156. The number of amides is 1. The van der Waals surface area contributed by atoms with E-state index in [1.807, 2.05) is 62.5 Å². The molecule has 2 aromatic carbocycles. The van der Waals surface area contributed by atoms with E-state index in [-0.39, 0.29) is 18.0 Å². The zero-order valence-electron chi connectivity index (χ0n) is 20.0. The highest BCUT2D eigenvalue weighted by Gasteiger charge is 2.42. The number of thiocarbonyl (C=S) groups is 1. The Morgan fingerprint density at radius 1 is 1.08 bits per heavy atom. The second kappa shape index (κ2) is 10.2. The normalized spacial score (nSPS) is 17.2. The number of carbonyl (C=O) groups excluding carboxylic acids is 1. The van der Waals surface area contributed by atoms with Crippen LogP contribution >= 0.6 is 28.1 Å². The number of anilines is 2. The first-order chi connectivity index (χ1) is 17.5. The molecule has 2 atom stereocenters. The van der Waals surface area contributed by atoms with Crippen LogP contribution in [0, 0.1) is 6.92 Å². The lowest BCUT2D eigenvalue weighted by Crippen LogP contribution is -2.30. The number of hydrogen-bond acceptors (Lipinski definition) is 3. The SMILES string of the molecule is CCC(=O)Nc1ccc(N2C(=S)N[C@H](c3ccccn3)[C@@H]2c2cccn2-c2cccc(Br)c2)cc1C. The fourth-order valence-electron chi connectivity index (χ4n) is 4.61. The van der Waals surface area contributed by atoms with Gasteiger partial charge in [0.15, 0.2) is 5.11 Å². The number of nitrogens with one attached hydrogen (secondary N) is 2. The average molecular weight is 561 g/mol. The zero-order valence-corrected chi connectivity index (χ0v) is 22.4. The number of pyridine rings is 1. The highest BCUT2D eigenvalue weighted by Crippen LogP contribution is 2.43. The molecule has 1 aliphatic heterocycles. The Morgan fingerprint density at radius 3 is 2.67 bits per heavy atom. The first-order valence-electron chi connectivity index (χ1n) is 11.8. The molecule has 6 nitrogen and oxygen atoms in total. The Balaban J connectivity index is 1.62. The van der Waals surface area contributed by atoms with Gasteiger partial charge in [-0.2, -0.15) is 0 Å². The van der Waals surface area contributed by atoms with E-state index in [9.17, 15) is 4.79 Å². The Bertz CT molecular complexity index is 1420. The minimum Gasteiger partial charge on any atom is -0.351 e. The lowest BCUT2D eigenvalue weighted by atomic mass is 10.00. The zero-order chi connectivity index (χ0) is 25.2. The largest absolute Gasteiger partial charge is 0.351 e. The number of carbonyl (C=O) groups is 1. The van der Waals surface area contributed by atoms with Gasteiger partial charge in [-0.05, 0) is 85.4 Å².